The summed E-state index contributed by atoms with van der Waals surface area (Å²) in [6.07, 6.45) is 2.88. The predicted octanol–water partition coefficient (Wildman–Crippen LogP) is 4.79. The van der Waals surface area contributed by atoms with E-state index in [0.29, 0.717) is 11.7 Å². The Morgan fingerprint density at radius 3 is 2.29 bits per heavy atom. The van der Waals surface area contributed by atoms with Gasteiger partial charge in [0.2, 0.25) is 0 Å². The third-order valence-corrected chi connectivity index (χ3v) is 3.57. The van der Waals surface area contributed by atoms with Crippen LogP contribution in [0.1, 0.15) is 32.8 Å². The van der Waals surface area contributed by atoms with Crippen LogP contribution in [0.2, 0.25) is 0 Å². The second-order valence-corrected chi connectivity index (χ2v) is 5.74. The normalized spacial score (nSPS) is 12.1. The maximum atomic E-state index is 10.9. The van der Waals surface area contributed by atoms with E-state index < -0.39 is 0 Å². The molecule has 4 heteroatoms. The van der Waals surface area contributed by atoms with Crippen molar-refractivity contribution in [3.05, 3.63) is 54.1 Å². The third kappa shape index (κ3) is 5.88. The van der Waals surface area contributed by atoms with Gasteiger partial charge < -0.3 is 9.47 Å². The molecule has 0 spiro atoms. The summed E-state index contributed by atoms with van der Waals surface area (Å²) in [5.74, 6) is 1.62. The van der Waals surface area contributed by atoms with Crippen molar-refractivity contribution in [1.82, 2.24) is 0 Å². The fourth-order valence-electron chi connectivity index (χ4n) is 1.92. The van der Waals surface area contributed by atoms with E-state index in [1.54, 1.807) is 18.3 Å². The van der Waals surface area contributed by atoms with Gasteiger partial charge in [0.25, 0.3) is 0 Å². The van der Waals surface area contributed by atoms with Crippen LogP contribution in [0.3, 0.4) is 0 Å². The second kappa shape index (κ2) is 8.87. The summed E-state index contributed by atoms with van der Waals surface area (Å²) in [4.78, 5) is 15.3. The van der Waals surface area contributed by atoms with E-state index in [-0.39, 0.29) is 5.97 Å². The smallest absolute Gasteiger partial charge is 0.308 e. The minimum atomic E-state index is -0.327. The first-order valence-electron chi connectivity index (χ1n) is 8.12. The van der Waals surface area contributed by atoms with Crippen molar-refractivity contribution in [2.45, 2.75) is 27.2 Å². The fraction of sp³-hybridized carbons (Fsp3) is 0.300. The highest BCUT2D eigenvalue weighted by atomic mass is 16.5. The van der Waals surface area contributed by atoms with Gasteiger partial charge in [0, 0.05) is 13.1 Å². The predicted molar refractivity (Wildman–Crippen MR) is 96.4 cm³/mol. The monoisotopic (exact) mass is 325 g/mol. The van der Waals surface area contributed by atoms with Crippen molar-refractivity contribution in [3.63, 3.8) is 0 Å². The van der Waals surface area contributed by atoms with Crippen molar-refractivity contribution in [2.24, 2.45) is 10.9 Å². The number of carbonyl (C=O) groups excluding carboxylic acids is 1. The Kier molecular flexibility index (Phi) is 6.55. The number of benzene rings is 2. The molecule has 0 radical (unpaired) electrons. The van der Waals surface area contributed by atoms with Crippen molar-refractivity contribution >= 4 is 17.9 Å². The summed E-state index contributed by atoms with van der Waals surface area (Å²) in [7, 11) is 0. The number of hydrogen-bond donors (Lipinski definition) is 0. The van der Waals surface area contributed by atoms with Gasteiger partial charge >= 0.3 is 5.97 Å². The minimum absolute atomic E-state index is 0.327. The molecule has 0 unspecified atom stereocenters. The summed E-state index contributed by atoms with van der Waals surface area (Å²) in [6, 6.07) is 14.9. The van der Waals surface area contributed by atoms with Crippen LogP contribution in [0.15, 0.2) is 53.5 Å². The molecule has 0 saturated carbocycles. The van der Waals surface area contributed by atoms with E-state index in [9.17, 15) is 4.79 Å². The van der Waals surface area contributed by atoms with E-state index in [4.69, 9.17) is 9.47 Å². The van der Waals surface area contributed by atoms with Gasteiger partial charge in [-0.05, 0) is 60.0 Å². The number of hydrogen-bond acceptors (Lipinski definition) is 4. The first kappa shape index (κ1) is 17.7. The summed E-state index contributed by atoms with van der Waals surface area (Å²) in [5.41, 5.74) is 1.79. The first-order chi connectivity index (χ1) is 11.6. The molecule has 0 aliphatic heterocycles. The second-order valence-electron chi connectivity index (χ2n) is 5.74. The Hall–Kier alpha value is -2.62. The topological polar surface area (TPSA) is 47.9 Å². The molecule has 1 atom stereocenters. The van der Waals surface area contributed by atoms with Crippen LogP contribution >= 0.6 is 0 Å². The third-order valence-electron chi connectivity index (χ3n) is 3.57. The van der Waals surface area contributed by atoms with Crippen LogP contribution in [0.25, 0.3) is 0 Å². The Bertz CT molecular complexity index is 675. The summed E-state index contributed by atoms with van der Waals surface area (Å²) in [5, 5.41) is 0. The average Bonchev–Trinajstić information content (AvgIpc) is 2.59. The van der Waals surface area contributed by atoms with Crippen molar-refractivity contribution in [1.29, 1.82) is 0 Å². The van der Waals surface area contributed by atoms with E-state index in [2.05, 4.69) is 18.8 Å². The number of carbonyl (C=O) groups is 1. The quantitative estimate of drug-likeness (QED) is 0.418. The van der Waals surface area contributed by atoms with E-state index in [1.165, 1.54) is 6.92 Å². The average molecular weight is 325 g/mol. The highest BCUT2D eigenvalue weighted by Crippen LogP contribution is 2.19. The molecule has 0 fully saturated rings. The van der Waals surface area contributed by atoms with Crippen LogP contribution in [0, 0.1) is 5.92 Å². The molecule has 0 saturated heterocycles. The van der Waals surface area contributed by atoms with Gasteiger partial charge in [0.15, 0.2) is 0 Å². The fourth-order valence-corrected chi connectivity index (χ4v) is 1.92. The minimum Gasteiger partial charge on any atom is -0.493 e. The van der Waals surface area contributed by atoms with Crippen LogP contribution in [0.5, 0.6) is 11.5 Å². The first-order valence-corrected chi connectivity index (χ1v) is 8.12. The van der Waals surface area contributed by atoms with Crippen molar-refractivity contribution < 1.29 is 14.3 Å². The summed E-state index contributed by atoms with van der Waals surface area (Å²) >= 11 is 0. The highest BCUT2D eigenvalue weighted by molar-refractivity contribution is 5.82. The lowest BCUT2D eigenvalue weighted by Crippen LogP contribution is -2.06. The van der Waals surface area contributed by atoms with Gasteiger partial charge in [-0.3, -0.25) is 9.79 Å². The van der Waals surface area contributed by atoms with Gasteiger partial charge in [0.05, 0.1) is 12.3 Å². The zero-order valence-electron chi connectivity index (χ0n) is 14.4. The number of aliphatic imine (C=N–C) groups is 1. The standard InChI is InChI=1S/C20H23NO3/c1-4-15(2)14-23-19-11-7-18(8-12-19)21-13-17-5-9-20(10-6-17)24-16(3)22/h5-13,15H,4,14H2,1-3H3/t15-/m1/s1. The zero-order valence-corrected chi connectivity index (χ0v) is 14.4. The van der Waals surface area contributed by atoms with E-state index in [1.807, 2.05) is 36.4 Å². The van der Waals surface area contributed by atoms with Crippen LogP contribution in [0.4, 0.5) is 5.69 Å². The molecular weight excluding hydrogens is 302 g/mol. The molecule has 0 heterocycles. The Morgan fingerprint density at radius 2 is 1.71 bits per heavy atom. The number of ether oxygens (including phenoxy) is 2. The maximum absolute atomic E-state index is 10.9. The largest absolute Gasteiger partial charge is 0.493 e. The van der Waals surface area contributed by atoms with Crippen molar-refractivity contribution in [2.75, 3.05) is 6.61 Å². The van der Waals surface area contributed by atoms with Gasteiger partial charge in [-0.15, -0.1) is 0 Å². The van der Waals surface area contributed by atoms with Crippen LogP contribution < -0.4 is 9.47 Å². The SMILES string of the molecule is CC[C@@H](C)COc1ccc(N=Cc2ccc(OC(C)=O)cc2)cc1. The lowest BCUT2D eigenvalue weighted by molar-refractivity contribution is -0.131. The molecule has 126 valence electrons. The summed E-state index contributed by atoms with van der Waals surface area (Å²) in [6.45, 7) is 6.44. The Balaban J connectivity index is 1.92. The number of rotatable bonds is 7. The Morgan fingerprint density at radius 1 is 1.08 bits per heavy atom. The molecule has 0 N–H and O–H groups in total. The molecule has 2 aromatic carbocycles. The number of esters is 1. The maximum Gasteiger partial charge on any atom is 0.308 e. The molecule has 0 aromatic heterocycles. The molecule has 4 nitrogen and oxygen atoms in total. The lowest BCUT2D eigenvalue weighted by atomic mass is 10.1. The van der Waals surface area contributed by atoms with Crippen LogP contribution in [-0.4, -0.2) is 18.8 Å². The molecule has 0 amide bonds. The van der Waals surface area contributed by atoms with Crippen LogP contribution in [-0.2, 0) is 4.79 Å². The van der Waals surface area contributed by atoms with Gasteiger partial charge in [0.1, 0.15) is 11.5 Å². The van der Waals surface area contributed by atoms with Gasteiger partial charge in [-0.1, -0.05) is 20.3 Å². The lowest BCUT2D eigenvalue weighted by Gasteiger charge is -2.10. The molecular formula is C20H23NO3. The van der Waals surface area contributed by atoms with E-state index in [0.717, 1.165) is 30.0 Å². The van der Waals surface area contributed by atoms with Gasteiger partial charge in [-0.25, -0.2) is 0 Å². The van der Waals surface area contributed by atoms with E-state index >= 15 is 0 Å². The van der Waals surface area contributed by atoms with Gasteiger partial charge in [-0.2, -0.15) is 0 Å². The zero-order chi connectivity index (χ0) is 17.4. The summed E-state index contributed by atoms with van der Waals surface area (Å²) < 4.78 is 10.7. The van der Waals surface area contributed by atoms with Crippen molar-refractivity contribution in [3.8, 4) is 11.5 Å². The number of nitrogens with zero attached hydrogens (tertiary/aromatic N) is 1. The molecule has 0 aliphatic carbocycles. The molecule has 24 heavy (non-hydrogen) atoms. The molecule has 0 bridgehead atoms. The highest BCUT2D eigenvalue weighted by Gasteiger charge is 2.00. The molecule has 2 rings (SSSR count). The molecule has 2 aromatic rings. The Labute approximate surface area is 143 Å². The molecule has 0 aliphatic rings.